The maximum absolute atomic E-state index is 11.2. The summed E-state index contributed by atoms with van der Waals surface area (Å²) in [6.07, 6.45) is 0. The summed E-state index contributed by atoms with van der Waals surface area (Å²) in [4.78, 5) is 22.3. The average Bonchev–Trinajstić information content (AvgIpc) is 2.16. The van der Waals surface area contributed by atoms with E-state index in [1.807, 2.05) is 0 Å². The summed E-state index contributed by atoms with van der Waals surface area (Å²) in [5, 5.41) is 17.0. The molecular weight excluding hydrogens is 228 g/mol. The second-order valence-electron chi connectivity index (χ2n) is 2.30. The Morgan fingerprint density at radius 2 is 1.21 bits per heavy atom. The molecule has 2 amide bonds. The van der Waals surface area contributed by atoms with E-state index in [2.05, 4.69) is 25.6 Å². The van der Waals surface area contributed by atoms with Crippen LogP contribution in [0.25, 0.3) is 0 Å². The van der Waals surface area contributed by atoms with Crippen molar-refractivity contribution in [2.24, 2.45) is 0 Å². The predicted molar refractivity (Wildman–Crippen MR) is 55.6 cm³/mol. The monoisotopic (exact) mass is 240 g/mol. The molecule has 6 nitrogen and oxygen atoms in total. The number of hydrogen-bond acceptors (Lipinski definition) is 6. The van der Waals surface area contributed by atoms with Crippen molar-refractivity contribution in [2.75, 3.05) is 26.3 Å². The largest absolute Gasteiger partial charge is 0.394 e. The van der Waals surface area contributed by atoms with E-state index < -0.39 is 11.8 Å². The number of nitrogens with zero attached hydrogens (tertiary/aromatic N) is 2. The van der Waals surface area contributed by atoms with Crippen molar-refractivity contribution in [1.29, 1.82) is 0 Å². The smallest absolute Gasteiger partial charge is 0.322 e. The van der Waals surface area contributed by atoms with Gasteiger partial charge < -0.3 is 10.2 Å². The van der Waals surface area contributed by atoms with Gasteiger partial charge in [-0.15, -0.1) is 0 Å². The lowest BCUT2D eigenvalue weighted by Crippen LogP contribution is -2.39. The van der Waals surface area contributed by atoms with Gasteiger partial charge in [-0.25, -0.2) is 0 Å². The highest BCUT2D eigenvalue weighted by Gasteiger charge is 2.23. The van der Waals surface area contributed by atoms with Gasteiger partial charge in [-0.2, -0.15) is 0 Å². The molecule has 0 aromatic rings. The quantitative estimate of drug-likeness (QED) is 0.349. The summed E-state index contributed by atoms with van der Waals surface area (Å²) < 4.78 is 1.56. The SMILES string of the molecule is O=C(C(=O)N(S)CCO)N(S)CCO. The topological polar surface area (TPSA) is 81.1 Å². The van der Waals surface area contributed by atoms with Crippen LogP contribution in [0.5, 0.6) is 0 Å². The summed E-state index contributed by atoms with van der Waals surface area (Å²) in [6, 6.07) is 0. The maximum Gasteiger partial charge on any atom is 0.322 e. The van der Waals surface area contributed by atoms with Crippen molar-refractivity contribution < 1.29 is 19.8 Å². The van der Waals surface area contributed by atoms with Crippen molar-refractivity contribution in [1.82, 2.24) is 8.61 Å². The molecule has 0 aliphatic heterocycles. The molecule has 0 aliphatic rings. The minimum absolute atomic E-state index is 0.0472. The number of carbonyl (C=O) groups is 2. The van der Waals surface area contributed by atoms with Crippen molar-refractivity contribution in [3.8, 4) is 0 Å². The van der Waals surface area contributed by atoms with Gasteiger partial charge in [0.05, 0.1) is 26.3 Å². The fourth-order valence-electron chi connectivity index (χ4n) is 0.613. The zero-order chi connectivity index (χ0) is 11.1. The van der Waals surface area contributed by atoms with Gasteiger partial charge in [-0.05, 0) is 0 Å². The molecule has 0 aliphatic carbocycles. The molecule has 0 fully saturated rings. The average molecular weight is 240 g/mol. The first kappa shape index (κ1) is 13.6. The molecule has 0 bridgehead atoms. The van der Waals surface area contributed by atoms with Crippen LogP contribution in [0.4, 0.5) is 0 Å². The number of carbonyl (C=O) groups excluding carboxylic acids is 2. The van der Waals surface area contributed by atoms with Crippen LogP contribution in [0.3, 0.4) is 0 Å². The Labute approximate surface area is 92.6 Å². The summed E-state index contributed by atoms with van der Waals surface area (Å²) in [5.41, 5.74) is 0. The van der Waals surface area contributed by atoms with Gasteiger partial charge in [0, 0.05) is 0 Å². The van der Waals surface area contributed by atoms with Crippen LogP contribution in [0.2, 0.25) is 0 Å². The van der Waals surface area contributed by atoms with E-state index in [-0.39, 0.29) is 26.3 Å². The molecule has 0 atom stereocenters. The Kier molecular flexibility index (Phi) is 6.71. The Hall–Kier alpha value is -0.440. The van der Waals surface area contributed by atoms with Gasteiger partial charge in [0.1, 0.15) is 0 Å². The first-order valence-corrected chi connectivity index (χ1v) is 4.57. The first-order chi connectivity index (χ1) is 6.54. The normalized spacial score (nSPS) is 9.71. The van der Waals surface area contributed by atoms with Crippen LogP contribution in [0.15, 0.2) is 0 Å². The molecule has 2 N–H and O–H groups in total. The molecule has 0 aromatic carbocycles. The standard InChI is InChI=1S/C6H12N2O4S2/c9-3-1-7(13)5(11)6(12)8(14)2-4-10/h9-10,13-14H,1-4H2. The van der Waals surface area contributed by atoms with Gasteiger partial charge in [-0.1, -0.05) is 25.6 Å². The molecule has 0 saturated heterocycles. The van der Waals surface area contributed by atoms with Crippen LogP contribution in [-0.2, 0) is 9.59 Å². The lowest BCUT2D eigenvalue weighted by molar-refractivity contribution is -0.145. The van der Waals surface area contributed by atoms with Crippen LogP contribution >= 0.6 is 25.6 Å². The summed E-state index contributed by atoms with van der Waals surface area (Å²) in [6.45, 7) is -0.660. The number of thiol groups is 2. The molecule has 0 saturated carbocycles. The van der Waals surface area contributed by atoms with Crippen molar-refractivity contribution >= 4 is 37.4 Å². The second kappa shape index (κ2) is 6.93. The fraction of sp³-hybridized carbons (Fsp3) is 0.667. The third kappa shape index (κ3) is 4.18. The lowest BCUT2D eigenvalue weighted by atomic mass is 10.5. The number of rotatable bonds is 4. The van der Waals surface area contributed by atoms with E-state index >= 15 is 0 Å². The Balaban J connectivity index is 4.17. The van der Waals surface area contributed by atoms with Crippen molar-refractivity contribution in [3.63, 3.8) is 0 Å². The Morgan fingerprint density at radius 3 is 1.43 bits per heavy atom. The molecule has 8 heteroatoms. The van der Waals surface area contributed by atoms with Crippen molar-refractivity contribution in [3.05, 3.63) is 0 Å². The second-order valence-corrected chi connectivity index (χ2v) is 3.27. The van der Waals surface area contributed by atoms with Crippen LogP contribution < -0.4 is 0 Å². The van der Waals surface area contributed by atoms with E-state index in [0.717, 1.165) is 8.61 Å². The summed E-state index contributed by atoms with van der Waals surface area (Å²) >= 11 is 7.37. The number of hydrogen-bond donors (Lipinski definition) is 4. The summed E-state index contributed by atoms with van der Waals surface area (Å²) in [5.74, 6) is -1.79. The highest BCUT2D eigenvalue weighted by Crippen LogP contribution is 2.00. The van der Waals surface area contributed by atoms with E-state index in [9.17, 15) is 9.59 Å². The molecule has 14 heavy (non-hydrogen) atoms. The maximum atomic E-state index is 11.2. The predicted octanol–water partition coefficient (Wildman–Crippen LogP) is -1.68. The van der Waals surface area contributed by atoms with Crippen molar-refractivity contribution in [2.45, 2.75) is 0 Å². The van der Waals surface area contributed by atoms with Gasteiger partial charge in [0.2, 0.25) is 0 Å². The Bertz CT molecular complexity index is 192. The van der Waals surface area contributed by atoms with Crippen LogP contribution in [-0.4, -0.2) is 56.9 Å². The number of aliphatic hydroxyl groups is 2. The van der Waals surface area contributed by atoms with Gasteiger partial charge in [0.25, 0.3) is 0 Å². The van der Waals surface area contributed by atoms with Gasteiger partial charge >= 0.3 is 11.8 Å². The Morgan fingerprint density at radius 1 is 0.929 bits per heavy atom. The third-order valence-electron chi connectivity index (χ3n) is 1.28. The fourth-order valence-corrected chi connectivity index (χ4v) is 0.963. The molecule has 0 aromatic heterocycles. The molecule has 82 valence electrons. The highest BCUT2D eigenvalue weighted by molar-refractivity contribution is 7.79. The third-order valence-corrected chi connectivity index (χ3v) is 2.04. The lowest BCUT2D eigenvalue weighted by Gasteiger charge is -2.17. The van der Waals surface area contributed by atoms with E-state index in [1.165, 1.54) is 0 Å². The van der Waals surface area contributed by atoms with E-state index in [1.54, 1.807) is 0 Å². The van der Waals surface area contributed by atoms with Gasteiger partial charge in [0.15, 0.2) is 0 Å². The molecule has 0 unspecified atom stereocenters. The zero-order valence-corrected chi connectivity index (χ0v) is 9.12. The van der Waals surface area contributed by atoms with Crippen LogP contribution in [0.1, 0.15) is 0 Å². The minimum atomic E-state index is -0.897. The number of aliphatic hydroxyl groups excluding tert-OH is 2. The molecule has 0 spiro atoms. The number of amides is 2. The van der Waals surface area contributed by atoms with E-state index in [4.69, 9.17) is 10.2 Å². The first-order valence-electron chi connectivity index (χ1n) is 3.77. The minimum Gasteiger partial charge on any atom is -0.394 e. The highest BCUT2D eigenvalue weighted by atomic mass is 32.1. The zero-order valence-electron chi connectivity index (χ0n) is 7.33. The van der Waals surface area contributed by atoms with E-state index in [0.29, 0.717) is 0 Å². The van der Waals surface area contributed by atoms with Crippen LogP contribution in [0, 0.1) is 0 Å². The molecule has 0 heterocycles. The molecular formula is C6H12N2O4S2. The summed E-state index contributed by atoms with van der Waals surface area (Å²) in [7, 11) is 0. The molecule has 0 radical (unpaired) electrons. The molecule has 0 rings (SSSR count). The van der Waals surface area contributed by atoms with Gasteiger partial charge in [-0.3, -0.25) is 18.2 Å².